The molecule has 4 rings (SSSR count). The predicted octanol–water partition coefficient (Wildman–Crippen LogP) is 8.06. The van der Waals surface area contributed by atoms with Gasteiger partial charge in [-0.3, -0.25) is 9.59 Å². The van der Waals surface area contributed by atoms with Gasteiger partial charge in [0.2, 0.25) is 0 Å². The summed E-state index contributed by atoms with van der Waals surface area (Å²) in [7, 11) is 0. The molecular weight excluding hydrogens is 494 g/mol. The monoisotopic (exact) mass is 533 g/mol. The Kier molecular flexibility index (Phi) is 9.26. The Morgan fingerprint density at radius 2 is 1.66 bits per heavy atom. The van der Waals surface area contributed by atoms with Crippen LogP contribution in [0.2, 0.25) is 0 Å². The molecule has 1 amide bonds. The summed E-state index contributed by atoms with van der Waals surface area (Å²) in [5, 5.41) is 11.5. The molecule has 3 aromatic rings. The van der Waals surface area contributed by atoms with Crippen molar-refractivity contribution in [2.75, 3.05) is 6.54 Å². The standard InChI is InChI=1S/C32H39NO4S/c1-20(2)31(27-14-15-28(38-27)32(36)33-17-16-29(34)35)37-26-18-21(3)30(22(4)19-26)25-12-10-24(11-13-25)23-8-6-5-7-9-23/h10-15,18-20,23,31H,5-9,16-17H2,1-4H3,(H,33,36)(H,34,35). The molecule has 0 radical (unpaired) electrons. The van der Waals surface area contributed by atoms with Crippen LogP contribution in [-0.4, -0.2) is 23.5 Å². The number of hydrogen-bond donors (Lipinski definition) is 2. The van der Waals surface area contributed by atoms with Crippen LogP contribution in [-0.2, 0) is 4.79 Å². The summed E-state index contributed by atoms with van der Waals surface area (Å²) in [5.74, 6) is 0.540. The van der Waals surface area contributed by atoms with Gasteiger partial charge in [0, 0.05) is 11.4 Å². The molecule has 5 nitrogen and oxygen atoms in total. The van der Waals surface area contributed by atoms with Gasteiger partial charge in [-0.25, -0.2) is 0 Å². The SMILES string of the molecule is Cc1cc(OC(c2ccc(C(=O)NCCC(=O)O)s2)C(C)C)cc(C)c1-c1ccc(C2CCCCC2)cc1. The van der Waals surface area contributed by atoms with E-state index >= 15 is 0 Å². The fourth-order valence-corrected chi connectivity index (χ4v) is 6.60. The molecule has 38 heavy (non-hydrogen) atoms. The molecule has 202 valence electrons. The first-order valence-electron chi connectivity index (χ1n) is 13.7. The maximum absolute atomic E-state index is 12.4. The third-order valence-corrected chi connectivity index (χ3v) is 8.55. The van der Waals surface area contributed by atoms with E-state index in [0.717, 1.165) is 10.6 Å². The van der Waals surface area contributed by atoms with E-state index in [-0.39, 0.29) is 30.9 Å². The molecule has 2 N–H and O–H groups in total. The van der Waals surface area contributed by atoms with Gasteiger partial charge in [-0.1, -0.05) is 57.4 Å². The van der Waals surface area contributed by atoms with Gasteiger partial charge in [-0.15, -0.1) is 11.3 Å². The topological polar surface area (TPSA) is 75.6 Å². The number of rotatable bonds is 10. The highest BCUT2D eigenvalue weighted by Crippen LogP contribution is 2.38. The number of nitrogens with one attached hydrogen (secondary N) is 1. The van der Waals surface area contributed by atoms with Gasteiger partial charge >= 0.3 is 5.97 Å². The van der Waals surface area contributed by atoms with E-state index in [0.29, 0.717) is 10.8 Å². The van der Waals surface area contributed by atoms with Crippen LogP contribution in [0.1, 0.15) is 95.6 Å². The average molecular weight is 534 g/mol. The third-order valence-electron chi connectivity index (χ3n) is 7.41. The van der Waals surface area contributed by atoms with Gasteiger partial charge in [-0.05, 0) is 90.6 Å². The van der Waals surface area contributed by atoms with E-state index in [1.54, 1.807) is 6.07 Å². The second-order valence-electron chi connectivity index (χ2n) is 10.8. The second-order valence-corrected chi connectivity index (χ2v) is 11.9. The lowest BCUT2D eigenvalue weighted by molar-refractivity contribution is -0.136. The van der Waals surface area contributed by atoms with E-state index in [9.17, 15) is 9.59 Å². The molecule has 1 saturated carbocycles. The Balaban J connectivity index is 1.48. The minimum Gasteiger partial charge on any atom is -0.485 e. The van der Waals surface area contributed by atoms with Crippen LogP contribution in [0, 0.1) is 19.8 Å². The number of hydrogen-bond acceptors (Lipinski definition) is 4. The van der Waals surface area contributed by atoms with Crippen molar-refractivity contribution in [1.82, 2.24) is 5.32 Å². The highest BCUT2D eigenvalue weighted by molar-refractivity contribution is 7.14. The van der Waals surface area contributed by atoms with Crippen molar-refractivity contribution in [3.8, 4) is 16.9 Å². The molecular formula is C32H39NO4S. The molecule has 0 bridgehead atoms. The van der Waals surface area contributed by atoms with E-state index in [1.165, 1.54) is 71.3 Å². The van der Waals surface area contributed by atoms with Crippen molar-refractivity contribution in [1.29, 1.82) is 0 Å². The number of aryl methyl sites for hydroxylation is 2. The highest BCUT2D eigenvalue weighted by Gasteiger charge is 2.23. The van der Waals surface area contributed by atoms with Crippen molar-refractivity contribution in [3.05, 3.63) is 75.0 Å². The summed E-state index contributed by atoms with van der Waals surface area (Å²) in [6.07, 6.45) is 6.38. The number of thiophene rings is 1. The maximum Gasteiger partial charge on any atom is 0.305 e. The van der Waals surface area contributed by atoms with Crippen LogP contribution in [0.15, 0.2) is 48.5 Å². The Morgan fingerprint density at radius 1 is 1.00 bits per heavy atom. The Labute approximate surface area is 230 Å². The normalized spacial score (nSPS) is 14.9. The van der Waals surface area contributed by atoms with Gasteiger partial charge in [0.1, 0.15) is 11.9 Å². The number of aliphatic carboxylic acids is 1. The van der Waals surface area contributed by atoms with Crippen LogP contribution in [0.5, 0.6) is 5.75 Å². The number of amides is 1. The molecule has 1 aromatic heterocycles. The zero-order chi connectivity index (χ0) is 27.2. The zero-order valence-corrected chi connectivity index (χ0v) is 23.7. The van der Waals surface area contributed by atoms with Gasteiger partial charge in [0.25, 0.3) is 5.91 Å². The molecule has 1 atom stereocenters. The quantitative estimate of drug-likeness (QED) is 0.276. The first-order valence-corrected chi connectivity index (χ1v) is 14.5. The highest BCUT2D eigenvalue weighted by atomic mass is 32.1. The van der Waals surface area contributed by atoms with Gasteiger partial charge in [-0.2, -0.15) is 0 Å². The Morgan fingerprint density at radius 3 is 2.26 bits per heavy atom. The average Bonchev–Trinajstić information content (AvgIpc) is 3.37. The van der Waals surface area contributed by atoms with Crippen LogP contribution < -0.4 is 10.1 Å². The summed E-state index contributed by atoms with van der Waals surface area (Å²) >= 11 is 1.39. The smallest absolute Gasteiger partial charge is 0.305 e. The number of carboxylic acid groups (broad SMARTS) is 1. The molecule has 1 aliphatic carbocycles. The van der Waals surface area contributed by atoms with Crippen molar-refractivity contribution in [2.45, 2.75) is 78.2 Å². The third kappa shape index (κ3) is 6.84. The fraction of sp³-hybridized carbons (Fsp3) is 0.438. The van der Waals surface area contributed by atoms with Crippen LogP contribution >= 0.6 is 11.3 Å². The fourth-order valence-electron chi connectivity index (χ4n) is 5.47. The minimum absolute atomic E-state index is 0.0962. The molecule has 2 aromatic carbocycles. The lowest BCUT2D eigenvalue weighted by Crippen LogP contribution is -2.25. The Bertz CT molecular complexity index is 1230. The zero-order valence-electron chi connectivity index (χ0n) is 22.9. The van der Waals surface area contributed by atoms with E-state index in [2.05, 4.69) is 69.4 Å². The van der Waals surface area contributed by atoms with Gasteiger partial charge in [0.05, 0.1) is 11.3 Å². The van der Waals surface area contributed by atoms with E-state index in [1.807, 2.05) is 6.07 Å². The number of carbonyl (C=O) groups is 2. The number of carboxylic acids is 1. The molecule has 1 fully saturated rings. The van der Waals surface area contributed by atoms with Crippen molar-refractivity contribution in [3.63, 3.8) is 0 Å². The van der Waals surface area contributed by atoms with Crippen molar-refractivity contribution >= 4 is 23.2 Å². The van der Waals surface area contributed by atoms with E-state index < -0.39 is 5.97 Å². The van der Waals surface area contributed by atoms with Crippen molar-refractivity contribution in [2.24, 2.45) is 5.92 Å². The van der Waals surface area contributed by atoms with Crippen LogP contribution in [0.4, 0.5) is 0 Å². The minimum atomic E-state index is -0.932. The van der Waals surface area contributed by atoms with E-state index in [4.69, 9.17) is 9.84 Å². The lowest BCUT2D eigenvalue weighted by Gasteiger charge is -2.23. The molecule has 0 saturated heterocycles. The molecule has 1 aliphatic rings. The molecule has 1 unspecified atom stereocenters. The predicted molar refractivity (Wildman–Crippen MR) is 154 cm³/mol. The largest absolute Gasteiger partial charge is 0.485 e. The number of carbonyl (C=O) groups excluding carboxylic acids is 1. The Hall–Kier alpha value is -3.12. The summed E-state index contributed by atoms with van der Waals surface area (Å²) in [4.78, 5) is 24.7. The first kappa shape index (κ1) is 27.9. The lowest BCUT2D eigenvalue weighted by atomic mass is 9.83. The van der Waals surface area contributed by atoms with Crippen LogP contribution in [0.25, 0.3) is 11.1 Å². The molecule has 1 heterocycles. The second kappa shape index (κ2) is 12.6. The maximum atomic E-state index is 12.4. The number of ether oxygens (including phenoxy) is 1. The van der Waals surface area contributed by atoms with Gasteiger partial charge in [0.15, 0.2) is 0 Å². The summed E-state index contributed by atoms with van der Waals surface area (Å²) in [5.41, 5.74) is 6.32. The molecule has 6 heteroatoms. The molecule has 0 aliphatic heterocycles. The summed E-state index contributed by atoms with van der Waals surface area (Å²) < 4.78 is 6.52. The number of benzene rings is 2. The van der Waals surface area contributed by atoms with Crippen molar-refractivity contribution < 1.29 is 19.4 Å². The van der Waals surface area contributed by atoms with Crippen LogP contribution in [0.3, 0.4) is 0 Å². The first-order chi connectivity index (χ1) is 18.2. The summed E-state index contributed by atoms with van der Waals surface area (Å²) in [6, 6.07) is 17.1. The molecule has 0 spiro atoms. The summed E-state index contributed by atoms with van der Waals surface area (Å²) in [6.45, 7) is 8.61. The van der Waals surface area contributed by atoms with Gasteiger partial charge < -0.3 is 15.2 Å².